The van der Waals surface area contributed by atoms with Gasteiger partial charge in [-0.05, 0) is 44.7 Å². The minimum atomic E-state index is 0.550. The van der Waals surface area contributed by atoms with Gasteiger partial charge in [0.05, 0.1) is 0 Å². The molecule has 3 nitrogen and oxygen atoms in total. The first-order valence-corrected chi connectivity index (χ1v) is 6.72. The molecule has 1 aliphatic heterocycles. The monoisotopic (exact) mass is 231 g/mol. The first-order chi connectivity index (χ1) is 8.22. The van der Waals surface area contributed by atoms with Gasteiger partial charge in [-0.3, -0.25) is 0 Å². The molecule has 0 amide bonds. The van der Waals surface area contributed by atoms with Crippen LogP contribution in [0.15, 0.2) is 12.1 Å². The summed E-state index contributed by atoms with van der Waals surface area (Å²) in [5.41, 5.74) is 2.80. The summed E-state index contributed by atoms with van der Waals surface area (Å²) in [5, 5.41) is 3.56. The van der Waals surface area contributed by atoms with Crippen molar-refractivity contribution in [1.82, 2.24) is 10.3 Å². The third-order valence-corrected chi connectivity index (χ3v) is 3.79. The smallest absolute Gasteiger partial charge is 0.128 e. The van der Waals surface area contributed by atoms with E-state index in [9.17, 15) is 0 Å². The van der Waals surface area contributed by atoms with Crippen molar-refractivity contribution in [2.45, 2.75) is 45.2 Å². The maximum Gasteiger partial charge on any atom is 0.128 e. The summed E-state index contributed by atoms with van der Waals surface area (Å²) in [6.07, 6.45) is 3.66. The molecule has 1 fully saturated rings. The molecule has 1 aromatic rings. The lowest BCUT2D eigenvalue weighted by Crippen LogP contribution is -2.54. The average Bonchev–Trinajstić information content (AvgIpc) is 2.74. The lowest BCUT2D eigenvalue weighted by molar-refractivity contribution is 0.405. The largest absolute Gasteiger partial charge is 0.354 e. The van der Waals surface area contributed by atoms with Crippen LogP contribution in [0.1, 0.15) is 31.5 Å². The molecule has 2 aliphatic rings. The van der Waals surface area contributed by atoms with E-state index < -0.39 is 0 Å². The van der Waals surface area contributed by atoms with Gasteiger partial charge in [0, 0.05) is 30.9 Å². The molecule has 2 heterocycles. The Labute approximate surface area is 103 Å². The molecule has 0 bridgehead atoms. The molecule has 0 spiro atoms. The van der Waals surface area contributed by atoms with Crippen LogP contribution in [0.4, 0.5) is 5.82 Å². The zero-order chi connectivity index (χ0) is 11.8. The summed E-state index contributed by atoms with van der Waals surface area (Å²) in [4.78, 5) is 7.27. The van der Waals surface area contributed by atoms with E-state index in [1.165, 1.54) is 36.3 Å². The number of nitrogens with zero attached hydrogens (tertiary/aromatic N) is 2. The van der Waals surface area contributed by atoms with Gasteiger partial charge in [0.2, 0.25) is 0 Å². The van der Waals surface area contributed by atoms with E-state index in [-0.39, 0.29) is 0 Å². The Morgan fingerprint density at radius 3 is 2.71 bits per heavy atom. The first kappa shape index (κ1) is 11.0. The minimum absolute atomic E-state index is 0.550. The van der Waals surface area contributed by atoms with Gasteiger partial charge in [-0.1, -0.05) is 6.07 Å². The SMILES string of the molecule is CC1CN(c2ccc3c(n2)CCC3)CC(C)N1. The van der Waals surface area contributed by atoms with Crippen molar-refractivity contribution in [3.63, 3.8) is 0 Å². The summed E-state index contributed by atoms with van der Waals surface area (Å²) in [6, 6.07) is 5.58. The molecule has 1 N–H and O–H groups in total. The molecule has 2 unspecified atom stereocenters. The molecule has 0 radical (unpaired) electrons. The molecule has 3 heteroatoms. The number of piperazine rings is 1. The average molecular weight is 231 g/mol. The van der Waals surface area contributed by atoms with E-state index >= 15 is 0 Å². The number of hydrogen-bond acceptors (Lipinski definition) is 3. The molecular formula is C14H21N3. The fourth-order valence-corrected chi connectivity index (χ4v) is 3.10. The van der Waals surface area contributed by atoms with Gasteiger partial charge < -0.3 is 10.2 Å². The lowest BCUT2D eigenvalue weighted by Gasteiger charge is -2.37. The van der Waals surface area contributed by atoms with Crippen LogP contribution in [-0.4, -0.2) is 30.2 Å². The number of nitrogens with one attached hydrogen (secondary N) is 1. The van der Waals surface area contributed by atoms with Gasteiger partial charge in [-0.2, -0.15) is 0 Å². The van der Waals surface area contributed by atoms with E-state index in [1.54, 1.807) is 0 Å². The normalized spacial score (nSPS) is 28.2. The second kappa shape index (κ2) is 4.30. The standard InChI is InChI=1S/C14H21N3/c1-10-8-17(9-11(2)15-10)14-7-6-12-4-3-5-13(12)16-14/h6-7,10-11,15H,3-5,8-9H2,1-2H3. The highest BCUT2D eigenvalue weighted by atomic mass is 15.3. The molecule has 1 saturated heterocycles. The highest BCUT2D eigenvalue weighted by Gasteiger charge is 2.23. The predicted molar refractivity (Wildman–Crippen MR) is 70.5 cm³/mol. The number of aryl methyl sites for hydroxylation is 2. The zero-order valence-corrected chi connectivity index (χ0v) is 10.7. The lowest BCUT2D eigenvalue weighted by atomic mass is 10.1. The summed E-state index contributed by atoms with van der Waals surface area (Å²) in [5.74, 6) is 1.17. The van der Waals surface area contributed by atoms with Crippen LogP contribution in [0.3, 0.4) is 0 Å². The molecule has 17 heavy (non-hydrogen) atoms. The van der Waals surface area contributed by atoms with Gasteiger partial charge in [0.15, 0.2) is 0 Å². The molecule has 92 valence electrons. The second-order valence-electron chi connectivity index (χ2n) is 5.50. The quantitative estimate of drug-likeness (QED) is 0.798. The Morgan fingerprint density at radius 2 is 1.94 bits per heavy atom. The topological polar surface area (TPSA) is 28.2 Å². The summed E-state index contributed by atoms with van der Waals surface area (Å²) >= 11 is 0. The second-order valence-corrected chi connectivity index (χ2v) is 5.50. The Balaban J connectivity index is 1.83. The van der Waals surface area contributed by atoms with Crippen LogP contribution < -0.4 is 10.2 Å². The number of hydrogen-bond donors (Lipinski definition) is 1. The number of fused-ring (bicyclic) bond motifs is 1. The van der Waals surface area contributed by atoms with Gasteiger partial charge >= 0.3 is 0 Å². The highest BCUT2D eigenvalue weighted by Crippen LogP contribution is 2.24. The number of pyridine rings is 1. The maximum atomic E-state index is 4.84. The molecule has 2 atom stereocenters. The van der Waals surface area contributed by atoms with E-state index in [0.717, 1.165) is 13.1 Å². The van der Waals surface area contributed by atoms with Crippen molar-refractivity contribution >= 4 is 5.82 Å². The molecular weight excluding hydrogens is 210 g/mol. The fourth-order valence-electron chi connectivity index (χ4n) is 3.10. The van der Waals surface area contributed by atoms with Crippen LogP contribution in [0, 0.1) is 0 Å². The maximum absolute atomic E-state index is 4.84. The van der Waals surface area contributed by atoms with E-state index in [2.05, 4.69) is 36.2 Å². The van der Waals surface area contributed by atoms with E-state index in [4.69, 9.17) is 4.98 Å². The van der Waals surface area contributed by atoms with Crippen molar-refractivity contribution < 1.29 is 0 Å². The third-order valence-electron chi connectivity index (χ3n) is 3.79. The van der Waals surface area contributed by atoms with Gasteiger partial charge in [-0.15, -0.1) is 0 Å². The summed E-state index contributed by atoms with van der Waals surface area (Å²) in [6.45, 7) is 6.62. The van der Waals surface area contributed by atoms with E-state index in [0.29, 0.717) is 12.1 Å². The van der Waals surface area contributed by atoms with Gasteiger partial charge in [0.1, 0.15) is 5.82 Å². The molecule has 0 aromatic carbocycles. The Morgan fingerprint density at radius 1 is 1.18 bits per heavy atom. The molecule has 1 aliphatic carbocycles. The van der Waals surface area contributed by atoms with Crippen LogP contribution in [0.2, 0.25) is 0 Å². The Hall–Kier alpha value is -1.09. The summed E-state index contributed by atoms with van der Waals surface area (Å²) < 4.78 is 0. The van der Waals surface area contributed by atoms with Crippen molar-refractivity contribution in [3.05, 3.63) is 23.4 Å². The number of rotatable bonds is 1. The number of aromatic nitrogens is 1. The zero-order valence-electron chi connectivity index (χ0n) is 10.7. The predicted octanol–water partition coefficient (Wildman–Crippen LogP) is 1.76. The molecule has 1 aromatic heterocycles. The van der Waals surface area contributed by atoms with Crippen molar-refractivity contribution in [2.24, 2.45) is 0 Å². The van der Waals surface area contributed by atoms with Crippen LogP contribution in [0.25, 0.3) is 0 Å². The Kier molecular flexibility index (Phi) is 2.79. The van der Waals surface area contributed by atoms with Crippen molar-refractivity contribution in [3.8, 4) is 0 Å². The first-order valence-electron chi connectivity index (χ1n) is 6.72. The number of anilines is 1. The van der Waals surface area contributed by atoms with Gasteiger partial charge in [0.25, 0.3) is 0 Å². The molecule has 0 saturated carbocycles. The van der Waals surface area contributed by atoms with Crippen LogP contribution >= 0.6 is 0 Å². The molecule has 3 rings (SSSR count). The third kappa shape index (κ3) is 2.16. The highest BCUT2D eigenvalue weighted by molar-refractivity contribution is 5.44. The fraction of sp³-hybridized carbons (Fsp3) is 0.643. The van der Waals surface area contributed by atoms with Crippen molar-refractivity contribution in [1.29, 1.82) is 0 Å². The van der Waals surface area contributed by atoms with Crippen LogP contribution in [-0.2, 0) is 12.8 Å². The Bertz CT molecular complexity index is 406. The van der Waals surface area contributed by atoms with Crippen LogP contribution in [0.5, 0.6) is 0 Å². The van der Waals surface area contributed by atoms with Crippen molar-refractivity contribution in [2.75, 3.05) is 18.0 Å². The summed E-state index contributed by atoms with van der Waals surface area (Å²) in [7, 11) is 0. The van der Waals surface area contributed by atoms with E-state index in [1.807, 2.05) is 0 Å². The van der Waals surface area contributed by atoms with Gasteiger partial charge in [-0.25, -0.2) is 4.98 Å². The minimum Gasteiger partial charge on any atom is -0.354 e.